The number of pyridine rings is 2. The van der Waals surface area contributed by atoms with Gasteiger partial charge in [0.1, 0.15) is 5.82 Å². The molecule has 0 unspecified atom stereocenters. The van der Waals surface area contributed by atoms with Gasteiger partial charge in [0.2, 0.25) is 0 Å². The zero-order valence-corrected chi connectivity index (χ0v) is 37.1. The van der Waals surface area contributed by atoms with E-state index in [-0.39, 0.29) is 53.8 Å². The van der Waals surface area contributed by atoms with E-state index >= 15 is 0 Å². The number of nitrogens with zero attached hydrogens (tertiary/aromatic N) is 5. The first-order valence-electron chi connectivity index (χ1n) is 25.4. The molecular formula is C57H42N5PdS-3. The fourth-order valence-corrected chi connectivity index (χ4v) is 9.06. The van der Waals surface area contributed by atoms with E-state index in [2.05, 4.69) is 79.2 Å². The van der Waals surface area contributed by atoms with Crippen LogP contribution in [0.5, 0.6) is 0 Å². The minimum absolute atomic E-state index is 0. The van der Waals surface area contributed by atoms with Crippen LogP contribution in [-0.4, -0.2) is 9.97 Å². The van der Waals surface area contributed by atoms with Crippen LogP contribution >= 0.6 is 11.8 Å². The monoisotopic (exact) mass is 944 g/mol. The summed E-state index contributed by atoms with van der Waals surface area (Å²) in [6.45, 7) is 8.34. The molecule has 64 heavy (non-hydrogen) atoms. The summed E-state index contributed by atoms with van der Waals surface area (Å²) >= 11 is 1.49. The van der Waals surface area contributed by atoms with E-state index in [4.69, 9.17) is 18.7 Å². The summed E-state index contributed by atoms with van der Waals surface area (Å²) in [7, 11) is 0. The van der Waals surface area contributed by atoms with Gasteiger partial charge in [0, 0.05) is 72.8 Å². The van der Waals surface area contributed by atoms with Crippen LogP contribution in [0.4, 0.5) is 39.9 Å². The number of para-hydroxylation sites is 4. The Labute approximate surface area is 407 Å². The van der Waals surface area contributed by atoms with Crippen LogP contribution in [0.1, 0.15) is 40.0 Å². The van der Waals surface area contributed by atoms with Crippen LogP contribution in [0.25, 0.3) is 44.5 Å². The molecule has 0 atom stereocenters. The van der Waals surface area contributed by atoms with Crippen molar-refractivity contribution < 1.29 is 34.1 Å². The van der Waals surface area contributed by atoms with Crippen LogP contribution in [-0.2, 0) is 25.8 Å². The largest absolute Gasteiger partial charge is 0.493 e. The number of rotatable bonds is 7. The average molecular weight is 946 g/mol. The minimum Gasteiger partial charge on any atom is -0.493 e. The van der Waals surface area contributed by atoms with Crippen molar-refractivity contribution in [3.05, 3.63) is 219 Å². The number of hydrogen-bond acceptors (Lipinski definition) is 6. The Morgan fingerprint density at radius 3 is 1.94 bits per heavy atom. The molecule has 7 aromatic carbocycles. The van der Waals surface area contributed by atoms with Crippen LogP contribution < -0.4 is 14.7 Å². The molecule has 0 aliphatic carbocycles. The topological polar surface area (TPSA) is 35.5 Å². The number of fused-ring (bicyclic) bond motifs is 6. The number of hydrogen-bond donors (Lipinski definition) is 0. The van der Waals surface area contributed by atoms with Gasteiger partial charge in [-0.25, -0.2) is 4.98 Å². The zero-order chi connectivity index (χ0) is 51.2. The molecule has 2 aliphatic rings. The molecule has 4 heterocycles. The normalized spacial score (nSPS) is 14.9. The summed E-state index contributed by atoms with van der Waals surface area (Å²) in [5, 5.41) is 0. The fourth-order valence-electron chi connectivity index (χ4n) is 8.24. The second kappa shape index (κ2) is 17.1. The van der Waals surface area contributed by atoms with Crippen molar-refractivity contribution in [2.75, 3.05) is 14.7 Å². The van der Waals surface area contributed by atoms with Crippen molar-refractivity contribution in [1.82, 2.24) is 9.97 Å². The number of anilines is 7. The van der Waals surface area contributed by atoms with Crippen molar-refractivity contribution in [3.8, 4) is 44.5 Å². The third kappa shape index (κ3) is 7.50. The molecule has 7 heteroatoms. The van der Waals surface area contributed by atoms with Crippen molar-refractivity contribution in [2.24, 2.45) is 0 Å². The van der Waals surface area contributed by atoms with Crippen molar-refractivity contribution >= 4 is 51.7 Å². The molecule has 0 amide bonds. The molecule has 2 aliphatic heterocycles. The molecule has 5 nitrogen and oxygen atoms in total. The summed E-state index contributed by atoms with van der Waals surface area (Å²) in [6, 6.07) is 39.2. The van der Waals surface area contributed by atoms with Gasteiger partial charge in [0.15, 0.2) is 0 Å². The second-order valence-electron chi connectivity index (χ2n) is 16.1. The predicted molar refractivity (Wildman–Crippen MR) is 260 cm³/mol. The summed E-state index contributed by atoms with van der Waals surface area (Å²) < 4.78 is 87.3. The summed E-state index contributed by atoms with van der Waals surface area (Å²) in [5.74, 6) is 0.754. The third-order valence-electron chi connectivity index (χ3n) is 11.2. The standard InChI is InChI=1S/C57H42N5S.Pd/c1-57(2,3)41-30-33-59-55(34-41)62-51-25-11-10-22-48(51)50-37-58-32-31-47(50)49-29-28-44(36-54(49)62)63-43-21-14-20-42(35-43)60-38-61(53-27-13-12-26-52(53)60)56-45(39-16-6-4-7-17-39)23-15-24-46(56)40-18-8-5-9-19-40;/h4-34,37-38H,1-3H3;/q-3;/i4D,5D,6D,7D,8D,9D,16D,17D,18D,19D;. The van der Waals surface area contributed by atoms with E-state index in [0.29, 0.717) is 17.1 Å². The summed E-state index contributed by atoms with van der Waals surface area (Å²) in [5.41, 5.74) is 9.12. The summed E-state index contributed by atoms with van der Waals surface area (Å²) in [4.78, 5) is 17.0. The van der Waals surface area contributed by atoms with Gasteiger partial charge in [-0.1, -0.05) is 141 Å². The van der Waals surface area contributed by atoms with E-state index in [0.717, 1.165) is 54.8 Å². The average Bonchev–Trinajstić information content (AvgIpc) is 3.73. The maximum Gasteiger partial charge on any atom is 0.135 e. The number of benzene rings is 7. The Hall–Kier alpha value is -6.75. The molecular weight excluding hydrogens is 893 g/mol. The van der Waals surface area contributed by atoms with E-state index in [1.54, 1.807) is 29.8 Å². The quantitative estimate of drug-likeness (QED) is 0.117. The Balaban J connectivity index is 0.00000626. The smallest absolute Gasteiger partial charge is 0.135 e. The Kier molecular flexibility index (Phi) is 8.32. The molecule has 11 rings (SSSR count). The van der Waals surface area contributed by atoms with E-state index in [9.17, 15) is 0 Å². The molecule has 9 aromatic rings. The number of aromatic nitrogens is 2. The SMILES string of the molecule is [2H]c1c([2H])c([2H])c(-c2cccc(-c3c([2H])c([2H])c([2H])c([2H])c3[2H])c2N2[CH-]N(c3[c-]c(Sc4[c-]c5c(cc4)-c4ccncc4-c4ccccc4N5c4cc(C(C)(C)C)ccn4)ccc3)c3ccccc32)c([2H])c1[2H].[Pd]. The zero-order valence-electron chi connectivity index (χ0n) is 44.7. The molecule has 314 valence electrons. The first-order valence-corrected chi connectivity index (χ1v) is 21.2. The van der Waals surface area contributed by atoms with Crippen LogP contribution in [0.3, 0.4) is 0 Å². The van der Waals surface area contributed by atoms with Gasteiger partial charge < -0.3 is 14.7 Å². The van der Waals surface area contributed by atoms with Crippen LogP contribution in [0.2, 0.25) is 0 Å². The van der Waals surface area contributed by atoms with Crippen molar-refractivity contribution in [2.45, 2.75) is 36.0 Å². The molecule has 0 N–H and O–H groups in total. The molecule has 0 saturated carbocycles. The first-order chi connectivity index (χ1) is 35.0. The molecule has 0 saturated heterocycles. The molecule has 0 fully saturated rings. The second-order valence-corrected chi connectivity index (χ2v) is 17.1. The molecule has 0 bridgehead atoms. The van der Waals surface area contributed by atoms with Crippen molar-refractivity contribution in [1.29, 1.82) is 0 Å². The minimum atomic E-state index is -0.559. The molecule has 2 aromatic heterocycles. The van der Waals surface area contributed by atoms with Crippen molar-refractivity contribution in [3.63, 3.8) is 0 Å². The molecule has 0 spiro atoms. The fraction of sp³-hybridized carbons (Fsp3) is 0.0702. The van der Waals surface area contributed by atoms with Gasteiger partial charge in [-0.15, -0.1) is 57.7 Å². The summed E-state index contributed by atoms with van der Waals surface area (Å²) in [6.07, 6.45) is 5.57. The predicted octanol–water partition coefficient (Wildman–Crippen LogP) is 15.4. The van der Waals surface area contributed by atoms with Crippen LogP contribution in [0.15, 0.2) is 204 Å². The van der Waals surface area contributed by atoms with Gasteiger partial charge in [-0.2, -0.15) is 24.3 Å². The maximum absolute atomic E-state index is 9.05. The Bertz CT molecular complexity index is 3610. The molecule has 0 radical (unpaired) electrons. The first kappa shape index (κ1) is 31.2. The maximum atomic E-state index is 9.05. The Morgan fingerprint density at radius 2 is 1.22 bits per heavy atom. The van der Waals surface area contributed by atoms with E-state index < -0.39 is 60.4 Å². The van der Waals surface area contributed by atoms with Crippen LogP contribution in [0, 0.1) is 18.8 Å². The van der Waals surface area contributed by atoms with Gasteiger partial charge in [-0.3, -0.25) is 4.98 Å². The third-order valence-corrected chi connectivity index (χ3v) is 12.1. The van der Waals surface area contributed by atoms with Gasteiger partial charge in [-0.05, 0) is 64.1 Å². The van der Waals surface area contributed by atoms with E-state index in [1.165, 1.54) is 11.8 Å². The van der Waals surface area contributed by atoms with Gasteiger partial charge in [0.05, 0.1) is 19.4 Å². The van der Waals surface area contributed by atoms with E-state index in [1.807, 2.05) is 84.2 Å². The Morgan fingerprint density at radius 1 is 0.578 bits per heavy atom. The van der Waals surface area contributed by atoms with Gasteiger partial charge in [0.25, 0.3) is 0 Å². The van der Waals surface area contributed by atoms with Gasteiger partial charge >= 0.3 is 0 Å².